The van der Waals surface area contributed by atoms with Gasteiger partial charge in [0.2, 0.25) is 5.91 Å². The maximum absolute atomic E-state index is 11.1. The van der Waals surface area contributed by atoms with Crippen LogP contribution in [-0.2, 0) is 0 Å². The Morgan fingerprint density at radius 1 is 1.58 bits per heavy atom. The Hall–Kier alpha value is -1.16. The lowest BCUT2D eigenvalue weighted by Gasteiger charge is -1.91. The van der Waals surface area contributed by atoms with E-state index in [1.807, 2.05) is 0 Å². The minimum atomic E-state index is -0.460. The highest BCUT2D eigenvalue weighted by molar-refractivity contribution is 7.12. The first kappa shape index (κ1) is 7.49. The molecule has 0 unspecified atom stereocenters. The first-order chi connectivity index (χ1) is 5.70. The van der Waals surface area contributed by atoms with E-state index in [1.54, 1.807) is 11.8 Å². The van der Waals surface area contributed by atoms with Crippen LogP contribution in [0.25, 0.3) is 0 Å². The van der Waals surface area contributed by atoms with E-state index in [-0.39, 0.29) is 5.78 Å². The van der Waals surface area contributed by atoms with E-state index in [2.05, 4.69) is 0 Å². The number of hydrogen-bond donors (Lipinski definition) is 1. The normalized spacial score (nSPS) is 14.8. The summed E-state index contributed by atoms with van der Waals surface area (Å²) in [6.07, 6.45) is 2.16. The van der Waals surface area contributed by atoms with Gasteiger partial charge in [0.25, 0.3) is 0 Å². The van der Waals surface area contributed by atoms with Crippen molar-refractivity contribution in [3.8, 4) is 0 Å². The van der Waals surface area contributed by atoms with Crippen molar-refractivity contribution in [2.24, 2.45) is 5.73 Å². The molecule has 0 bridgehead atoms. The molecule has 1 amide bonds. The summed E-state index contributed by atoms with van der Waals surface area (Å²) >= 11 is 1.29. The highest BCUT2D eigenvalue weighted by Crippen LogP contribution is 2.32. The van der Waals surface area contributed by atoms with E-state index >= 15 is 0 Å². The summed E-state index contributed by atoms with van der Waals surface area (Å²) in [6.45, 7) is 0. The average Bonchev–Trinajstić information content (AvgIpc) is 2.53. The molecule has 2 rings (SSSR count). The molecule has 0 aliphatic heterocycles. The maximum atomic E-state index is 11.1. The third-order valence-electron chi connectivity index (χ3n) is 1.84. The van der Waals surface area contributed by atoms with Gasteiger partial charge in [-0.05, 0) is 5.56 Å². The molecule has 3 nitrogen and oxygen atoms in total. The fourth-order valence-electron chi connectivity index (χ4n) is 1.26. The van der Waals surface area contributed by atoms with Gasteiger partial charge in [-0.15, -0.1) is 11.3 Å². The van der Waals surface area contributed by atoms with E-state index in [9.17, 15) is 9.59 Å². The summed E-state index contributed by atoms with van der Waals surface area (Å²) in [5.74, 6) is -0.374. The predicted molar refractivity (Wildman–Crippen MR) is 45.2 cm³/mol. The van der Waals surface area contributed by atoms with Crippen molar-refractivity contribution in [3.63, 3.8) is 0 Å². The zero-order valence-corrected chi connectivity index (χ0v) is 6.98. The van der Waals surface area contributed by atoms with Crippen LogP contribution in [0.2, 0.25) is 0 Å². The molecule has 1 aliphatic rings. The quantitative estimate of drug-likeness (QED) is 0.700. The van der Waals surface area contributed by atoms with E-state index in [0.29, 0.717) is 16.9 Å². The number of carbonyl (C=O) groups excluding carboxylic acids is 2. The van der Waals surface area contributed by atoms with Crippen LogP contribution in [0.15, 0.2) is 5.38 Å². The van der Waals surface area contributed by atoms with Crippen molar-refractivity contribution in [2.45, 2.75) is 6.42 Å². The Balaban J connectivity index is 2.56. The summed E-state index contributed by atoms with van der Waals surface area (Å²) < 4.78 is 0. The molecule has 0 fully saturated rings. The van der Waals surface area contributed by atoms with Gasteiger partial charge < -0.3 is 5.73 Å². The Morgan fingerprint density at radius 3 is 3.00 bits per heavy atom. The Kier molecular flexibility index (Phi) is 1.51. The maximum Gasteiger partial charge on any atom is 0.249 e. The molecule has 4 heteroatoms. The van der Waals surface area contributed by atoms with Crippen LogP contribution < -0.4 is 5.73 Å². The van der Waals surface area contributed by atoms with Crippen LogP contribution in [0.1, 0.15) is 32.0 Å². The van der Waals surface area contributed by atoms with Crippen LogP contribution in [0, 0.1) is 6.42 Å². The van der Waals surface area contributed by atoms with Gasteiger partial charge in [-0.1, -0.05) is 0 Å². The summed E-state index contributed by atoms with van der Waals surface area (Å²) in [7, 11) is 0. The first-order valence-corrected chi connectivity index (χ1v) is 4.36. The van der Waals surface area contributed by atoms with E-state index in [1.165, 1.54) is 11.3 Å². The van der Waals surface area contributed by atoms with Crippen molar-refractivity contribution in [1.82, 2.24) is 0 Å². The molecule has 1 aromatic rings. The fourth-order valence-corrected chi connectivity index (χ4v) is 2.28. The summed E-state index contributed by atoms with van der Waals surface area (Å²) in [4.78, 5) is 22.6. The van der Waals surface area contributed by atoms with E-state index < -0.39 is 5.91 Å². The number of Topliss-reactive ketones (excluding diaryl/α,β-unsaturated/α-hetero) is 1. The van der Waals surface area contributed by atoms with Gasteiger partial charge in [0, 0.05) is 18.2 Å². The lowest BCUT2D eigenvalue weighted by atomic mass is 10.1. The SMILES string of the molecule is NC(=O)c1csc2c1[CH]CC2=O. The third-order valence-corrected chi connectivity index (χ3v) is 2.88. The van der Waals surface area contributed by atoms with Gasteiger partial charge in [0.1, 0.15) is 0 Å². The minimum Gasteiger partial charge on any atom is -0.366 e. The number of primary amides is 1. The van der Waals surface area contributed by atoms with Gasteiger partial charge >= 0.3 is 0 Å². The van der Waals surface area contributed by atoms with Gasteiger partial charge in [0.15, 0.2) is 5.78 Å². The first-order valence-electron chi connectivity index (χ1n) is 3.48. The number of rotatable bonds is 1. The Bertz CT molecular complexity index is 367. The molecule has 0 atom stereocenters. The minimum absolute atomic E-state index is 0.0856. The zero-order chi connectivity index (χ0) is 8.72. The van der Waals surface area contributed by atoms with Crippen molar-refractivity contribution in [1.29, 1.82) is 0 Å². The van der Waals surface area contributed by atoms with Gasteiger partial charge in [0.05, 0.1) is 10.4 Å². The second kappa shape index (κ2) is 2.42. The third kappa shape index (κ3) is 0.881. The molecule has 1 aliphatic carbocycles. The molecule has 0 saturated carbocycles. The number of hydrogen-bond acceptors (Lipinski definition) is 3. The number of carbonyl (C=O) groups is 2. The van der Waals surface area contributed by atoms with Crippen LogP contribution >= 0.6 is 11.3 Å². The number of ketones is 1. The molecule has 0 spiro atoms. The van der Waals surface area contributed by atoms with E-state index in [0.717, 1.165) is 5.56 Å². The monoisotopic (exact) mass is 180 g/mol. The largest absolute Gasteiger partial charge is 0.366 e. The summed E-state index contributed by atoms with van der Waals surface area (Å²) in [5.41, 5.74) is 6.32. The van der Waals surface area contributed by atoms with Crippen LogP contribution in [-0.4, -0.2) is 11.7 Å². The highest BCUT2D eigenvalue weighted by atomic mass is 32.1. The van der Waals surface area contributed by atoms with Crippen molar-refractivity contribution in [3.05, 3.63) is 27.8 Å². The predicted octanol–water partition coefficient (Wildman–Crippen LogP) is 0.986. The summed E-state index contributed by atoms with van der Waals surface area (Å²) in [5, 5.41) is 1.64. The number of amides is 1. The lowest BCUT2D eigenvalue weighted by molar-refractivity contribution is 0.0995. The number of fused-ring (bicyclic) bond motifs is 1. The fraction of sp³-hybridized carbons (Fsp3) is 0.125. The average molecular weight is 180 g/mol. The Morgan fingerprint density at radius 2 is 2.33 bits per heavy atom. The summed E-state index contributed by atoms with van der Waals surface area (Å²) in [6, 6.07) is 0. The topological polar surface area (TPSA) is 60.2 Å². The second-order valence-corrected chi connectivity index (χ2v) is 3.47. The standard InChI is InChI=1S/C8H6NO2S/c9-8(11)5-3-12-7-4(5)1-2-6(7)10/h1,3H,2H2,(H2,9,11). The molecular weight excluding hydrogens is 174 g/mol. The van der Waals surface area contributed by atoms with Crippen molar-refractivity contribution in [2.75, 3.05) is 0 Å². The van der Waals surface area contributed by atoms with Gasteiger partial charge in [-0.2, -0.15) is 0 Å². The van der Waals surface area contributed by atoms with Gasteiger partial charge in [-0.25, -0.2) is 0 Å². The molecule has 12 heavy (non-hydrogen) atoms. The molecule has 0 saturated heterocycles. The molecule has 2 N–H and O–H groups in total. The Labute approximate surface area is 73.2 Å². The van der Waals surface area contributed by atoms with E-state index in [4.69, 9.17) is 5.73 Å². The molecule has 61 valence electrons. The molecule has 0 aromatic carbocycles. The highest BCUT2D eigenvalue weighted by Gasteiger charge is 2.26. The lowest BCUT2D eigenvalue weighted by Crippen LogP contribution is -2.11. The zero-order valence-electron chi connectivity index (χ0n) is 6.16. The van der Waals surface area contributed by atoms with Crippen LogP contribution in [0.4, 0.5) is 0 Å². The molecular formula is C8H6NO2S. The van der Waals surface area contributed by atoms with Crippen LogP contribution in [0.3, 0.4) is 0 Å². The number of nitrogens with two attached hydrogens (primary N) is 1. The molecule has 1 heterocycles. The van der Waals surface area contributed by atoms with Crippen LogP contribution in [0.5, 0.6) is 0 Å². The smallest absolute Gasteiger partial charge is 0.249 e. The molecule has 1 aromatic heterocycles. The van der Waals surface area contributed by atoms with Crippen molar-refractivity contribution < 1.29 is 9.59 Å². The molecule has 1 radical (unpaired) electrons. The van der Waals surface area contributed by atoms with Crippen molar-refractivity contribution >= 4 is 23.0 Å². The second-order valence-electron chi connectivity index (χ2n) is 2.59. The van der Waals surface area contributed by atoms with Gasteiger partial charge in [-0.3, -0.25) is 9.59 Å². The number of thiophene rings is 1.